The van der Waals surface area contributed by atoms with Crippen LogP contribution in [-0.2, 0) is 20.1 Å². The molecule has 1 unspecified atom stereocenters. The summed E-state index contributed by atoms with van der Waals surface area (Å²) in [6.07, 6.45) is 1.82. The van der Waals surface area contributed by atoms with Gasteiger partial charge in [0.05, 0.1) is 11.5 Å². The zero-order valence-electron chi connectivity index (χ0n) is 15.5. The summed E-state index contributed by atoms with van der Waals surface area (Å²) in [5.74, 6) is 3.45. The Bertz CT molecular complexity index is 1470. The standard InChI is InChI=1S/C25H13NO2P.Ir/c1-3-9-21-18(7-1)27-20-14-17-16(12-11-15-6-5-13-26-23(15)17)24-25(20)29(21)22-10-4-2-8-19(22)28-24;/h1-13H;/q-1;. The minimum atomic E-state index is -0.769. The summed E-state index contributed by atoms with van der Waals surface area (Å²) in [5, 5.41) is 6.60. The van der Waals surface area contributed by atoms with E-state index in [4.69, 9.17) is 9.47 Å². The number of para-hydroxylation sites is 2. The van der Waals surface area contributed by atoms with E-state index in [0.717, 1.165) is 50.0 Å². The fraction of sp³-hybridized carbons (Fsp3) is 0. The van der Waals surface area contributed by atoms with Crippen LogP contribution in [0.25, 0.3) is 21.7 Å². The van der Waals surface area contributed by atoms with E-state index < -0.39 is 7.92 Å². The van der Waals surface area contributed by atoms with Gasteiger partial charge in [0.15, 0.2) is 0 Å². The number of rotatable bonds is 0. The maximum atomic E-state index is 6.49. The first kappa shape index (κ1) is 18.0. The van der Waals surface area contributed by atoms with Crippen molar-refractivity contribution >= 4 is 45.5 Å². The summed E-state index contributed by atoms with van der Waals surface area (Å²) in [5.41, 5.74) is 0.915. The van der Waals surface area contributed by atoms with Gasteiger partial charge < -0.3 is 14.5 Å². The molecule has 3 heterocycles. The van der Waals surface area contributed by atoms with Gasteiger partial charge in [0.25, 0.3) is 0 Å². The molecule has 0 N–H and O–H groups in total. The van der Waals surface area contributed by atoms with E-state index in [2.05, 4.69) is 59.6 Å². The van der Waals surface area contributed by atoms with E-state index in [-0.39, 0.29) is 20.1 Å². The quantitative estimate of drug-likeness (QED) is 0.141. The van der Waals surface area contributed by atoms with Crippen LogP contribution in [0.1, 0.15) is 0 Å². The Morgan fingerprint density at radius 2 is 1.50 bits per heavy atom. The largest absolute Gasteiger partial charge is 0.475 e. The molecule has 0 bridgehead atoms. The Morgan fingerprint density at radius 1 is 0.767 bits per heavy atom. The van der Waals surface area contributed by atoms with Crippen molar-refractivity contribution in [1.29, 1.82) is 0 Å². The molecule has 2 aliphatic rings. The van der Waals surface area contributed by atoms with Gasteiger partial charge in [0, 0.05) is 36.9 Å². The molecule has 145 valence electrons. The van der Waals surface area contributed by atoms with Gasteiger partial charge in [-0.05, 0) is 42.3 Å². The molecule has 5 aromatic rings. The first-order valence-electron chi connectivity index (χ1n) is 9.49. The third-order valence-corrected chi connectivity index (χ3v) is 8.10. The van der Waals surface area contributed by atoms with Crippen LogP contribution in [0.2, 0.25) is 0 Å². The first-order valence-corrected chi connectivity index (χ1v) is 10.8. The van der Waals surface area contributed by atoms with E-state index >= 15 is 0 Å². The SMILES string of the molecule is [Ir].[c-]1c2c3c(c4ccc5cccnc5c14)Oc1ccccc1P3c1ccccc1O2. The molecule has 30 heavy (non-hydrogen) atoms. The van der Waals surface area contributed by atoms with Crippen LogP contribution >= 0.6 is 7.92 Å². The Morgan fingerprint density at radius 3 is 2.30 bits per heavy atom. The Labute approximate surface area is 187 Å². The molecule has 0 saturated carbocycles. The summed E-state index contributed by atoms with van der Waals surface area (Å²) < 4.78 is 12.8. The van der Waals surface area contributed by atoms with Crippen molar-refractivity contribution < 1.29 is 29.6 Å². The van der Waals surface area contributed by atoms with Gasteiger partial charge in [-0.2, -0.15) is 0 Å². The third kappa shape index (κ3) is 2.36. The second-order valence-electron chi connectivity index (χ2n) is 7.17. The summed E-state index contributed by atoms with van der Waals surface area (Å²) >= 11 is 0. The fourth-order valence-corrected chi connectivity index (χ4v) is 6.86. The Kier molecular flexibility index (Phi) is 3.98. The van der Waals surface area contributed by atoms with Crippen molar-refractivity contribution in [3.05, 3.63) is 85.1 Å². The second-order valence-corrected chi connectivity index (χ2v) is 9.25. The second kappa shape index (κ2) is 6.62. The molecule has 1 radical (unpaired) electrons. The normalized spacial score (nSPS) is 15.3. The predicted molar refractivity (Wildman–Crippen MR) is 117 cm³/mol. The average molecular weight is 583 g/mol. The van der Waals surface area contributed by atoms with Crippen LogP contribution < -0.4 is 25.4 Å². The number of hydrogen-bond acceptors (Lipinski definition) is 3. The van der Waals surface area contributed by atoms with Crippen LogP contribution in [0.4, 0.5) is 0 Å². The molecule has 0 saturated heterocycles. The van der Waals surface area contributed by atoms with Crippen LogP contribution in [0.5, 0.6) is 23.0 Å². The van der Waals surface area contributed by atoms with Gasteiger partial charge in [-0.25, -0.2) is 0 Å². The minimum absolute atomic E-state index is 0. The topological polar surface area (TPSA) is 31.4 Å². The molecule has 1 atom stereocenters. The molecular formula is C25H13IrNO2P-. The molecule has 3 nitrogen and oxygen atoms in total. The van der Waals surface area contributed by atoms with Crippen LogP contribution in [-0.4, -0.2) is 4.98 Å². The average Bonchev–Trinajstić information content (AvgIpc) is 2.78. The molecule has 0 fully saturated rings. The van der Waals surface area contributed by atoms with Crippen molar-refractivity contribution in [3.63, 3.8) is 0 Å². The fourth-order valence-electron chi connectivity index (χ4n) is 4.29. The summed E-state index contributed by atoms with van der Waals surface area (Å²) in [6, 6.07) is 28.4. The summed E-state index contributed by atoms with van der Waals surface area (Å²) in [6.45, 7) is 0. The molecular weight excluding hydrogens is 569 g/mol. The first-order chi connectivity index (χ1) is 14.4. The summed E-state index contributed by atoms with van der Waals surface area (Å²) in [7, 11) is -0.769. The number of aromatic nitrogens is 1. The van der Waals surface area contributed by atoms with Gasteiger partial charge in [-0.15, -0.1) is 5.39 Å². The van der Waals surface area contributed by atoms with Gasteiger partial charge in [0.2, 0.25) is 0 Å². The van der Waals surface area contributed by atoms with Crippen molar-refractivity contribution in [2.75, 3.05) is 0 Å². The minimum Gasteiger partial charge on any atom is -0.475 e. The van der Waals surface area contributed by atoms with Crippen LogP contribution in [0, 0.1) is 6.07 Å². The monoisotopic (exact) mass is 583 g/mol. The molecule has 1 aromatic heterocycles. The smallest absolute Gasteiger partial charge is 0.132 e. The number of benzene rings is 4. The van der Waals surface area contributed by atoms with E-state index in [9.17, 15) is 0 Å². The zero-order chi connectivity index (χ0) is 18.9. The van der Waals surface area contributed by atoms with E-state index in [1.807, 2.05) is 30.5 Å². The van der Waals surface area contributed by atoms with Crippen molar-refractivity contribution in [1.82, 2.24) is 4.98 Å². The number of pyridine rings is 1. The van der Waals surface area contributed by atoms with E-state index in [1.54, 1.807) is 0 Å². The van der Waals surface area contributed by atoms with Crippen molar-refractivity contribution in [2.45, 2.75) is 0 Å². The van der Waals surface area contributed by atoms with Crippen LogP contribution in [0.15, 0.2) is 79.0 Å². The molecule has 2 aliphatic heterocycles. The maximum Gasteiger partial charge on any atom is 0.132 e. The van der Waals surface area contributed by atoms with E-state index in [1.165, 1.54) is 10.6 Å². The number of ether oxygens (including phenoxy) is 2. The molecule has 7 rings (SSSR count). The Hall–Kier alpha value is -2.77. The van der Waals surface area contributed by atoms with Crippen molar-refractivity contribution in [3.8, 4) is 23.0 Å². The zero-order valence-corrected chi connectivity index (χ0v) is 18.8. The van der Waals surface area contributed by atoms with Gasteiger partial charge in [0.1, 0.15) is 11.5 Å². The molecule has 5 heteroatoms. The predicted octanol–water partition coefficient (Wildman–Crippen LogP) is 5.16. The Balaban J connectivity index is 0.00000175. The molecule has 0 amide bonds. The van der Waals surface area contributed by atoms with Gasteiger partial charge in [-0.1, -0.05) is 66.0 Å². The molecule has 0 aliphatic carbocycles. The van der Waals surface area contributed by atoms with Gasteiger partial charge >= 0.3 is 0 Å². The maximum absolute atomic E-state index is 6.49. The van der Waals surface area contributed by atoms with E-state index in [0.29, 0.717) is 0 Å². The molecule has 4 aromatic carbocycles. The van der Waals surface area contributed by atoms with Crippen molar-refractivity contribution in [2.24, 2.45) is 0 Å². The number of fused-ring (bicyclic) bond motifs is 8. The number of hydrogen-bond donors (Lipinski definition) is 0. The summed E-state index contributed by atoms with van der Waals surface area (Å²) in [4.78, 5) is 4.62. The number of nitrogens with zero attached hydrogens (tertiary/aromatic N) is 1. The third-order valence-electron chi connectivity index (χ3n) is 5.55. The molecule has 0 spiro atoms. The van der Waals surface area contributed by atoms with Crippen LogP contribution in [0.3, 0.4) is 0 Å². The van der Waals surface area contributed by atoms with Gasteiger partial charge in [-0.3, -0.25) is 0 Å².